The zero-order chi connectivity index (χ0) is 11.2. The predicted octanol–water partition coefficient (Wildman–Crippen LogP) is 1.34. The van der Waals surface area contributed by atoms with Crippen molar-refractivity contribution in [1.82, 2.24) is 15.3 Å². The Labute approximate surface area is 94.7 Å². The molecule has 82 valence electrons. The van der Waals surface area contributed by atoms with Gasteiger partial charge in [-0.3, -0.25) is 0 Å². The lowest BCUT2D eigenvalue weighted by Gasteiger charge is -2.54. The van der Waals surface area contributed by atoms with Crippen LogP contribution in [0.2, 0.25) is 0 Å². The normalized spacial score (nSPS) is 36.2. The molecule has 4 nitrogen and oxygen atoms in total. The summed E-state index contributed by atoms with van der Waals surface area (Å²) in [4.78, 5) is 8.64. The zero-order valence-corrected chi connectivity index (χ0v) is 9.27. The Morgan fingerprint density at radius 1 is 1.44 bits per heavy atom. The van der Waals surface area contributed by atoms with Crippen LogP contribution in [-0.2, 0) is 5.54 Å². The molecule has 2 aliphatic heterocycles. The number of nitriles is 1. The van der Waals surface area contributed by atoms with Crippen LogP contribution in [0.3, 0.4) is 0 Å². The molecule has 1 saturated carbocycles. The first-order valence-corrected chi connectivity index (χ1v) is 5.72. The second kappa shape index (κ2) is 3.26. The Balaban J connectivity index is 1.89. The van der Waals surface area contributed by atoms with Crippen LogP contribution >= 0.6 is 0 Å². The minimum Gasteiger partial charge on any atom is -0.302 e. The van der Waals surface area contributed by atoms with Gasteiger partial charge in [0.05, 0.1) is 11.1 Å². The molecule has 1 aromatic rings. The molecule has 2 saturated heterocycles. The number of hydrogen-bond acceptors (Lipinski definition) is 4. The monoisotopic (exact) mass is 214 g/mol. The third kappa shape index (κ3) is 1.32. The van der Waals surface area contributed by atoms with Crippen molar-refractivity contribution in [1.29, 1.82) is 5.26 Å². The van der Waals surface area contributed by atoms with E-state index in [1.165, 1.54) is 6.42 Å². The second-order valence-corrected chi connectivity index (χ2v) is 5.08. The fourth-order valence-corrected chi connectivity index (χ4v) is 3.12. The largest absolute Gasteiger partial charge is 0.302 e. The number of nitrogens with one attached hydrogen (secondary N) is 1. The summed E-state index contributed by atoms with van der Waals surface area (Å²) in [5, 5.41) is 12.3. The van der Waals surface area contributed by atoms with E-state index in [4.69, 9.17) is 5.26 Å². The summed E-state index contributed by atoms with van der Waals surface area (Å²) in [5.74, 6) is 1.59. The van der Waals surface area contributed by atoms with E-state index < -0.39 is 0 Å². The molecule has 3 fully saturated rings. The molecule has 0 amide bonds. The van der Waals surface area contributed by atoms with Crippen molar-refractivity contribution in [3.05, 3.63) is 23.8 Å². The third-order valence-corrected chi connectivity index (χ3v) is 3.67. The van der Waals surface area contributed by atoms with Crippen LogP contribution in [0.15, 0.2) is 12.4 Å². The molecule has 2 unspecified atom stereocenters. The van der Waals surface area contributed by atoms with E-state index in [0.717, 1.165) is 24.6 Å². The van der Waals surface area contributed by atoms with Crippen LogP contribution < -0.4 is 5.32 Å². The van der Waals surface area contributed by atoms with Gasteiger partial charge in [-0.05, 0) is 25.2 Å². The molecule has 3 aliphatic rings. The third-order valence-electron chi connectivity index (χ3n) is 3.67. The molecule has 4 heteroatoms. The summed E-state index contributed by atoms with van der Waals surface area (Å²) in [7, 11) is 0. The van der Waals surface area contributed by atoms with Crippen molar-refractivity contribution in [2.24, 2.45) is 5.92 Å². The summed E-state index contributed by atoms with van der Waals surface area (Å²) < 4.78 is 0. The van der Waals surface area contributed by atoms with Crippen LogP contribution in [0.4, 0.5) is 0 Å². The lowest BCUT2D eigenvalue weighted by atomic mass is 9.66. The second-order valence-electron chi connectivity index (χ2n) is 5.08. The highest BCUT2D eigenvalue weighted by Gasteiger charge is 2.51. The quantitative estimate of drug-likeness (QED) is 0.766. The Morgan fingerprint density at radius 2 is 2.12 bits per heavy atom. The highest BCUT2D eigenvalue weighted by molar-refractivity contribution is 5.25. The first-order chi connectivity index (χ1) is 7.72. The van der Waals surface area contributed by atoms with Crippen LogP contribution in [0.25, 0.3) is 0 Å². The maximum Gasteiger partial charge on any atom is 0.148 e. The SMILES string of the molecule is C[C@@H]1CC2CC(c3ncc(C#N)cn3)(C1)N2. The fourth-order valence-electron chi connectivity index (χ4n) is 3.12. The van der Waals surface area contributed by atoms with Crippen molar-refractivity contribution in [2.45, 2.75) is 37.8 Å². The lowest BCUT2D eigenvalue weighted by Crippen LogP contribution is -2.66. The number of piperidine rings is 1. The summed E-state index contributed by atoms with van der Waals surface area (Å²) in [6.07, 6.45) is 6.74. The molecule has 1 aliphatic carbocycles. The molecule has 16 heavy (non-hydrogen) atoms. The molecule has 0 aromatic carbocycles. The molecule has 1 N–H and O–H groups in total. The lowest BCUT2D eigenvalue weighted by molar-refractivity contribution is 0.0282. The summed E-state index contributed by atoms with van der Waals surface area (Å²) in [6.45, 7) is 2.28. The van der Waals surface area contributed by atoms with Gasteiger partial charge in [0.15, 0.2) is 0 Å². The van der Waals surface area contributed by atoms with E-state index in [2.05, 4.69) is 22.2 Å². The van der Waals surface area contributed by atoms with Crippen LogP contribution in [0.5, 0.6) is 0 Å². The number of hydrogen-bond donors (Lipinski definition) is 1. The van der Waals surface area contributed by atoms with Gasteiger partial charge in [0.25, 0.3) is 0 Å². The van der Waals surface area contributed by atoms with E-state index in [1.54, 1.807) is 12.4 Å². The van der Waals surface area contributed by atoms with Crippen molar-refractivity contribution in [3.8, 4) is 6.07 Å². The minimum absolute atomic E-state index is 0.00365. The maximum absolute atomic E-state index is 8.71. The molecular weight excluding hydrogens is 200 g/mol. The first-order valence-electron chi connectivity index (χ1n) is 5.72. The standard InChI is InChI=1S/C12H14N4/c1-8-2-10-4-12(3-8,16-10)11-14-6-9(5-13)7-15-11/h6-8,10,16H,2-4H2,1H3/t8-,10?,12?/m1/s1. The first kappa shape index (κ1) is 9.73. The predicted molar refractivity (Wildman–Crippen MR) is 58.4 cm³/mol. The van der Waals surface area contributed by atoms with E-state index in [-0.39, 0.29) is 5.54 Å². The Hall–Kier alpha value is -1.47. The molecule has 2 bridgehead atoms. The van der Waals surface area contributed by atoms with Crippen LogP contribution in [-0.4, -0.2) is 16.0 Å². The van der Waals surface area contributed by atoms with E-state index in [9.17, 15) is 0 Å². The van der Waals surface area contributed by atoms with E-state index in [1.807, 2.05) is 6.07 Å². The van der Waals surface area contributed by atoms with Crippen molar-refractivity contribution in [3.63, 3.8) is 0 Å². The van der Waals surface area contributed by atoms with Crippen molar-refractivity contribution in [2.75, 3.05) is 0 Å². The maximum atomic E-state index is 8.71. The van der Waals surface area contributed by atoms with Gasteiger partial charge in [0, 0.05) is 18.4 Å². The smallest absolute Gasteiger partial charge is 0.148 e. The van der Waals surface area contributed by atoms with Gasteiger partial charge >= 0.3 is 0 Å². The number of rotatable bonds is 1. The van der Waals surface area contributed by atoms with Crippen LogP contribution in [0, 0.1) is 17.2 Å². The van der Waals surface area contributed by atoms with E-state index >= 15 is 0 Å². The van der Waals surface area contributed by atoms with Crippen LogP contribution in [0.1, 0.15) is 37.6 Å². The molecular formula is C12H14N4. The Bertz CT molecular complexity index is 439. The highest BCUT2D eigenvalue weighted by atomic mass is 15.2. The highest BCUT2D eigenvalue weighted by Crippen LogP contribution is 2.46. The topological polar surface area (TPSA) is 61.6 Å². The average Bonchev–Trinajstić information content (AvgIpc) is 2.27. The Morgan fingerprint density at radius 3 is 2.69 bits per heavy atom. The van der Waals surface area contributed by atoms with Gasteiger partial charge in [0.1, 0.15) is 11.9 Å². The molecule has 4 rings (SSSR count). The summed E-state index contributed by atoms with van der Waals surface area (Å²) in [6, 6.07) is 2.69. The average molecular weight is 214 g/mol. The molecule has 0 spiro atoms. The van der Waals surface area contributed by atoms with Crippen molar-refractivity contribution < 1.29 is 0 Å². The molecule has 0 radical (unpaired) electrons. The van der Waals surface area contributed by atoms with Gasteiger partial charge in [-0.15, -0.1) is 0 Å². The van der Waals surface area contributed by atoms with Crippen molar-refractivity contribution >= 4 is 0 Å². The van der Waals surface area contributed by atoms with Gasteiger partial charge < -0.3 is 5.32 Å². The minimum atomic E-state index is -0.00365. The molecule has 1 aromatic heterocycles. The van der Waals surface area contributed by atoms with Gasteiger partial charge in [-0.2, -0.15) is 5.26 Å². The molecule has 3 heterocycles. The van der Waals surface area contributed by atoms with Gasteiger partial charge in [-0.25, -0.2) is 9.97 Å². The van der Waals surface area contributed by atoms with Gasteiger partial charge in [-0.1, -0.05) is 6.92 Å². The Kier molecular flexibility index (Phi) is 1.98. The number of fused-ring (bicyclic) bond motifs is 2. The summed E-state index contributed by atoms with van der Waals surface area (Å²) in [5.41, 5.74) is 0.524. The molecule has 3 atom stereocenters. The number of nitrogens with zero attached hydrogens (tertiary/aromatic N) is 3. The zero-order valence-electron chi connectivity index (χ0n) is 9.27. The fraction of sp³-hybridized carbons (Fsp3) is 0.583. The van der Waals surface area contributed by atoms with Gasteiger partial charge in [0.2, 0.25) is 0 Å². The van der Waals surface area contributed by atoms with E-state index in [0.29, 0.717) is 11.6 Å². The number of aromatic nitrogens is 2. The summed E-state index contributed by atoms with van der Waals surface area (Å²) >= 11 is 0.